The van der Waals surface area contributed by atoms with Crippen LogP contribution in [0.4, 0.5) is 0 Å². The van der Waals surface area contributed by atoms with E-state index < -0.39 is 0 Å². The fraction of sp³-hybridized carbons (Fsp3) is 0.588. The molecule has 1 N–H and O–H groups in total. The fourth-order valence-electron chi connectivity index (χ4n) is 2.57. The van der Waals surface area contributed by atoms with Crippen molar-refractivity contribution in [2.75, 3.05) is 19.8 Å². The highest BCUT2D eigenvalue weighted by atomic mass is 16.5. The summed E-state index contributed by atoms with van der Waals surface area (Å²) in [7, 11) is 0. The maximum Gasteiger partial charge on any atom is 0.224 e. The molecule has 0 bridgehead atoms. The lowest BCUT2D eigenvalue weighted by atomic mass is 10.1. The van der Waals surface area contributed by atoms with E-state index in [1.165, 1.54) is 5.56 Å². The summed E-state index contributed by atoms with van der Waals surface area (Å²) >= 11 is 0. The van der Waals surface area contributed by atoms with E-state index in [0.717, 1.165) is 19.6 Å². The number of hydrogen-bond acceptors (Lipinski definition) is 3. The van der Waals surface area contributed by atoms with E-state index >= 15 is 0 Å². The van der Waals surface area contributed by atoms with E-state index in [-0.39, 0.29) is 18.0 Å². The molecule has 4 nitrogen and oxygen atoms in total. The van der Waals surface area contributed by atoms with Crippen molar-refractivity contribution in [3.8, 4) is 0 Å². The van der Waals surface area contributed by atoms with Gasteiger partial charge in [0.15, 0.2) is 0 Å². The Morgan fingerprint density at radius 2 is 2.19 bits per heavy atom. The average molecular weight is 290 g/mol. The third-order valence-electron chi connectivity index (χ3n) is 4.06. The van der Waals surface area contributed by atoms with Gasteiger partial charge in [-0.1, -0.05) is 37.3 Å². The van der Waals surface area contributed by atoms with Crippen molar-refractivity contribution in [3.63, 3.8) is 0 Å². The molecule has 1 aromatic rings. The second kappa shape index (κ2) is 8.15. The minimum absolute atomic E-state index is 0.147. The lowest BCUT2D eigenvalue weighted by molar-refractivity contribution is -0.135. The normalized spacial score (nSPS) is 20.0. The van der Waals surface area contributed by atoms with Gasteiger partial charge in [-0.25, -0.2) is 0 Å². The smallest absolute Gasteiger partial charge is 0.224 e. The first-order valence-corrected chi connectivity index (χ1v) is 7.85. The first-order chi connectivity index (χ1) is 10.2. The molecule has 1 aromatic carbocycles. The number of carbonyl (C=O) groups is 1. The number of ether oxygens (including phenoxy) is 1. The quantitative estimate of drug-likeness (QED) is 0.873. The van der Waals surface area contributed by atoms with E-state index in [9.17, 15) is 4.79 Å². The monoisotopic (exact) mass is 290 g/mol. The molecule has 0 radical (unpaired) electrons. The minimum atomic E-state index is 0.147. The van der Waals surface area contributed by atoms with Gasteiger partial charge in [0.25, 0.3) is 0 Å². The van der Waals surface area contributed by atoms with Gasteiger partial charge in [-0.3, -0.25) is 4.79 Å². The average Bonchev–Trinajstić information content (AvgIpc) is 2.53. The van der Waals surface area contributed by atoms with Crippen LogP contribution in [0.5, 0.6) is 0 Å². The second-order valence-electron chi connectivity index (χ2n) is 5.69. The van der Waals surface area contributed by atoms with Crippen molar-refractivity contribution < 1.29 is 9.53 Å². The number of carbonyl (C=O) groups excluding carboxylic acids is 1. The van der Waals surface area contributed by atoms with Gasteiger partial charge in [-0.05, 0) is 18.9 Å². The maximum absolute atomic E-state index is 12.6. The van der Waals surface area contributed by atoms with E-state index in [0.29, 0.717) is 19.6 Å². The number of benzene rings is 1. The van der Waals surface area contributed by atoms with Gasteiger partial charge < -0.3 is 15.0 Å². The predicted octanol–water partition coefficient (Wildman–Crippen LogP) is 2.19. The van der Waals surface area contributed by atoms with E-state index in [4.69, 9.17) is 4.74 Å². The summed E-state index contributed by atoms with van der Waals surface area (Å²) in [6, 6.07) is 10.6. The molecule has 0 saturated carbocycles. The number of amides is 1. The zero-order chi connectivity index (χ0) is 15.1. The van der Waals surface area contributed by atoms with Crippen molar-refractivity contribution in [2.45, 2.75) is 45.3 Å². The maximum atomic E-state index is 12.6. The van der Waals surface area contributed by atoms with Crippen molar-refractivity contribution in [3.05, 3.63) is 35.9 Å². The largest absolute Gasteiger partial charge is 0.378 e. The molecule has 1 amide bonds. The van der Waals surface area contributed by atoms with Gasteiger partial charge in [0.05, 0.1) is 13.2 Å². The van der Waals surface area contributed by atoms with Crippen LogP contribution in [0.1, 0.15) is 32.3 Å². The molecule has 2 atom stereocenters. The topological polar surface area (TPSA) is 41.6 Å². The molecule has 1 saturated heterocycles. The Kier molecular flexibility index (Phi) is 6.21. The van der Waals surface area contributed by atoms with Crippen LogP contribution in [-0.2, 0) is 16.1 Å². The van der Waals surface area contributed by atoms with Gasteiger partial charge >= 0.3 is 0 Å². The summed E-state index contributed by atoms with van der Waals surface area (Å²) in [5.41, 5.74) is 1.18. The van der Waals surface area contributed by atoms with Crippen LogP contribution in [0.3, 0.4) is 0 Å². The number of morpholine rings is 1. The highest BCUT2D eigenvalue weighted by molar-refractivity contribution is 5.77. The minimum Gasteiger partial charge on any atom is -0.378 e. The summed E-state index contributed by atoms with van der Waals surface area (Å²) in [5.74, 6) is 0.205. The zero-order valence-electron chi connectivity index (χ0n) is 13.0. The Morgan fingerprint density at radius 3 is 2.81 bits per heavy atom. The number of nitrogens with zero attached hydrogens (tertiary/aromatic N) is 1. The summed E-state index contributed by atoms with van der Waals surface area (Å²) in [4.78, 5) is 14.6. The standard InChI is InChI=1S/C17H26N2O2/c1-3-14(2)19(12-15-7-5-4-6-8-15)17(20)11-16-13-21-10-9-18-16/h4-8,14,16,18H,3,9-13H2,1-2H3. The third-order valence-corrected chi connectivity index (χ3v) is 4.06. The predicted molar refractivity (Wildman–Crippen MR) is 84.0 cm³/mol. The molecule has 4 heteroatoms. The van der Waals surface area contributed by atoms with Crippen LogP contribution in [0.25, 0.3) is 0 Å². The molecule has 1 heterocycles. The zero-order valence-corrected chi connectivity index (χ0v) is 13.0. The Bertz CT molecular complexity index is 430. The molecule has 0 aromatic heterocycles. The first kappa shape index (κ1) is 16.0. The molecule has 0 aliphatic carbocycles. The molecule has 1 aliphatic rings. The number of rotatable bonds is 6. The van der Waals surface area contributed by atoms with Gasteiger partial charge in [0, 0.05) is 31.6 Å². The third kappa shape index (κ3) is 4.83. The van der Waals surface area contributed by atoms with Crippen molar-refractivity contribution in [2.24, 2.45) is 0 Å². The van der Waals surface area contributed by atoms with Crippen LogP contribution in [0.15, 0.2) is 30.3 Å². The van der Waals surface area contributed by atoms with Gasteiger partial charge in [0.1, 0.15) is 0 Å². The molecule has 21 heavy (non-hydrogen) atoms. The summed E-state index contributed by atoms with van der Waals surface area (Å²) in [6.07, 6.45) is 1.48. The van der Waals surface area contributed by atoms with Crippen molar-refractivity contribution in [1.29, 1.82) is 0 Å². The second-order valence-corrected chi connectivity index (χ2v) is 5.69. The lowest BCUT2D eigenvalue weighted by Crippen LogP contribution is -2.46. The van der Waals surface area contributed by atoms with Gasteiger partial charge in [0.2, 0.25) is 5.91 Å². The summed E-state index contributed by atoms with van der Waals surface area (Å²) in [6.45, 7) is 7.13. The van der Waals surface area contributed by atoms with E-state index in [2.05, 4.69) is 31.3 Å². The Labute approximate surface area is 127 Å². The molecular weight excluding hydrogens is 264 g/mol. The molecule has 116 valence electrons. The number of nitrogens with one attached hydrogen (secondary N) is 1. The van der Waals surface area contributed by atoms with Crippen LogP contribution < -0.4 is 5.32 Å². The highest BCUT2D eigenvalue weighted by Crippen LogP contribution is 2.14. The Morgan fingerprint density at radius 1 is 1.43 bits per heavy atom. The van der Waals surface area contributed by atoms with Gasteiger partial charge in [-0.2, -0.15) is 0 Å². The van der Waals surface area contributed by atoms with Crippen molar-refractivity contribution in [1.82, 2.24) is 10.2 Å². The van der Waals surface area contributed by atoms with Crippen LogP contribution in [0, 0.1) is 0 Å². The van der Waals surface area contributed by atoms with E-state index in [1.54, 1.807) is 0 Å². The lowest BCUT2D eigenvalue weighted by Gasteiger charge is -2.31. The van der Waals surface area contributed by atoms with Gasteiger partial charge in [-0.15, -0.1) is 0 Å². The Hall–Kier alpha value is -1.39. The SMILES string of the molecule is CCC(C)N(Cc1ccccc1)C(=O)CC1COCCN1. The summed E-state index contributed by atoms with van der Waals surface area (Å²) < 4.78 is 5.43. The van der Waals surface area contributed by atoms with Crippen LogP contribution >= 0.6 is 0 Å². The van der Waals surface area contributed by atoms with E-state index in [1.807, 2.05) is 23.1 Å². The fourth-order valence-corrected chi connectivity index (χ4v) is 2.57. The Balaban J connectivity index is 1.99. The molecule has 1 aliphatic heterocycles. The molecule has 2 unspecified atom stereocenters. The van der Waals surface area contributed by atoms with Crippen LogP contribution in [0.2, 0.25) is 0 Å². The number of hydrogen-bond donors (Lipinski definition) is 1. The first-order valence-electron chi connectivity index (χ1n) is 7.85. The van der Waals surface area contributed by atoms with Crippen molar-refractivity contribution >= 4 is 5.91 Å². The van der Waals surface area contributed by atoms with Crippen LogP contribution in [-0.4, -0.2) is 42.6 Å². The highest BCUT2D eigenvalue weighted by Gasteiger charge is 2.23. The summed E-state index contributed by atoms with van der Waals surface area (Å²) in [5, 5.41) is 3.35. The molecule has 1 fully saturated rings. The molecular formula is C17H26N2O2. The molecule has 2 rings (SSSR count). The molecule has 0 spiro atoms.